The lowest BCUT2D eigenvalue weighted by atomic mass is 9.96. The molecule has 0 spiro atoms. The summed E-state index contributed by atoms with van der Waals surface area (Å²) in [5.41, 5.74) is 2.47. The molecule has 1 aromatic carbocycles. The van der Waals surface area contributed by atoms with Crippen LogP contribution in [0.2, 0.25) is 0 Å². The minimum Gasteiger partial charge on any atom is -0.256 e. The van der Waals surface area contributed by atoms with E-state index in [0.29, 0.717) is 5.92 Å². The fourth-order valence-corrected chi connectivity index (χ4v) is 2.23. The molecular formula is C16H18IN. The highest BCUT2D eigenvalue weighted by molar-refractivity contribution is 14.1. The summed E-state index contributed by atoms with van der Waals surface area (Å²) in [5, 5.41) is 1.21. The second kappa shape index (κ2) is 6.32. The molecule has 0 aliphatic heterocycles. The van der Waals surface area contributed by atoms with Gasteiger partial charge in [0.25, 0.3) is 0 Å². The number of hydrogen-bond donors (Lipinski definition) is 0. The minimum absolute atomic E-state index is 0.549. The lowest BCUT2D eigenvalue weighted by molar-refractivity contribution is 0.779. The third-order valence-corrected chi connectivity index (χ3v) is 4.43. The van der Waals surface area contributed by atoms with E-state index in [1.165, 1.54) is 14.5 Å². The monoisotopic (exact) mass is 351 g/mol. The molecule has 0 N–H and O–H groups in total. The zero-order chi connectivity index (χ0) is 13.0. The highest BCUT2D eigenvalue weighted by Gasteiger charge is 2.05. The molecule has 1 nitrogen and oxygen atoms in total. The Morgan fingerprint density at radius 3 is 3.00 bits per heavy atom. The van der Waals surface area contributed by atoms with E-state index < -0.39 is 0 Å². The molecule has 0 amide bonds. The van der Waals surface area contributed by atoms with Crippen LogP contribution in [-0.4, -0.2) is 4.98 Å². The topological polar surface area (TPSA) is 12.9 Å². The van der Waals surface area contributed by atoms with Crippen LogP contribution in [0.1, 0.15) is 38.2 Å². The van der Waals surface area contributed by atoms with E-state index >= 15 is 0 Å². The third-order valence-electron chi connectivity index (χ3n) is 3.23. The van der Waals surface area contributed by atoms with Crippen LogP contribution in [0, 0.1) is 0 Å². The van der Waals surface area contributed by atoms with Crippen LogP contribution >= 0.6 is 22.6 Å². The molecule has 94 valence electrons. The zero-order valence-corrected chi connectivity index (χ0v) is 13.0. The normalized spacial score (nSPS) is 13.8. The van der Waals surface area contributed by atoms with Gasteiger partial charge in [0.2, 0.25) is 0 Å². The SMILES string of the molecule is CC/C(I)=C/C[C@H](C)c1ccc2cccnc2c1. The Morgan fingerprint density at radius 1 is 1.39 bits per heavy atom. The fraction of sp³-hybridized carbons (Fsp3) is 0.312. The van der Waals surface area contributed by atoms with E-state index in [2.05, 4.69) is 71.8 Å². The maximum atomic E-state index is 4.42. The molecule has 1 heterocycles. The van der Waals surface area contributed by atoms with Gasteiger partial charge in [0.05, 0.1) is 5.52 Å². The first kappa shape index (κ1) is 13.5. The second-order valence-electron chi connectivity index (χ2n) is 4.60. The van der Waals surface area contributed by atoms with Crippen molar-refractivity contribution in [2.24, 2.45) is 0 Å². The van der Waals surface area contributed by atoms with Crippen molar-refractivity contribution < 1.29 is 0 Å². The number of pyridine rings is 1. The van der Waals surface area contributed by atoms with Gasteiger partial charge in [0.1, 0.15) is 0 Å². The van der Waals surface area contributed by atoms with Crippen molar-refractivity contribution in [1.82, 2.24) is 4.98 Å². The molecule has 1 atom stereocenters. The first-order valence-corrected chi connectivity index (χ1v) is 7.47. The fourth-order valence-electron chi connectivity index (χ4n) is 1.98. The summed E-state index contributed by atoms with van der Waals surface area (Å²) in [5.74, 6) is 0.549. The maximum Gasteiger partial charge on any atom is 0.0704 e. The lowest BCUT2D eigenvalue weighted by Gasteiger charge is -2.10. The van der Waals surface area contributed by atoms with Gasteiger partial charge in [-0.1, -0.05) is 38.1 Å². The van der Waals surface area contributed by atoms with Crippen LogP contribution in [0.25, 0.3) is 10.9 Å². The summed E-state index contributed by atoms with van der Waals surface area (Å²) < 4.78 is 1.44. The van der Waals surface area contributed by atoms with E-state index in [4.69, 9.17) is 0 Å². The molecule has 0 radical (unpaired) electrons. The van der Waals surface area contributed by atoms with Gasteiger partial charge < -0.3 is 0 Å². The molecule has 0 saturated heterocycles. The molecule has 0 bridgehead atoms. The van der Waals surface area contributed by atoms with Crippen LogP contribution < -0.4 is 0 Å². The molecule has 0 fully saturated rings. The van der Waals surface area contributed by atoms with Crippen LogP contribution in [0.5, 0.6) is 0 Å². The first-order chi connectivity index (χ1) is 8.70. The number of allylic oxidation sites excluding steroid dienone is 2. The van der Waals surface area contributed by atoms with Gasteiger partial charge in [0.15, 0.2) is 0 Å². The van der Waals surface area contributed by atoms with Gasteiger partial charge in [-0.2, -0.15) is 0 Å². The Morgan fingerprint density at radius 2 is 2.22 bits per heavy atom. The quantitative estimate of drug-likeness (QED) is 0.667. The number of benzene rings is 1. The lowest BCUT2D eigenvalue weighted by Crippen LogP contribution is -1.92. The largest absolute Gasteiger partial charge is 0.256 e. The standard InChI is InChI=1S/C16H18IN/c1-3-15(17)9-6-12(2)14-8-7-13-5-4-10-18-16(13)11-14/h4-5,7-12H,3,6H2,1-2H3/b15-9-/t12-/m0/s1. The van der Waals surface area contributed by atoms with Gasteiger partial charge in [0, 0.05) is 11.6 Å². The smallest absolute Gasteiger partial charge is 0.0704 e. The average molecular weight is 351 g/mol. The summed E-state index contributed by atoms with van der Waals surface area (Å²) in [6, 6.07) is 10.7. The number of nitrogens with zero attached hydrogens (tertiary/aromatic N) is 1. The van der Waals surface area contributed by atoms with Gasteiger partial charge in [-0.15, -0.1) is 0 Å². The second-order valence-corrected chi connectivity index (χ2v) is 5.98. The number of rotatable bonds is 4. The number of fused-ring (bicyclic) bond motifs is 1. The Hall–Kier alpha value is -0.900. The van der Waals surface area contributed by atoms with Gasteiger partial charge in [-0.25, -0.2) is 0 Å². The Kier molecular flexibility index (Phi) is 4.75. The van der Waals surface area contributed by atoms with Crippen LogP contribution in [-0.2, 0) is 0 Å². The molecule has 0 saturated carbocycles. The zero-order valence-electron chi connectivity index (χ0n) is 10.9. The molecule has 0 unspecified atom stereocenters. The van der Waals surface area contributed by atoms with Crippen molar-refractivity contribution in [2.75, 3.05) is 0 Å². The molecule has 2 rings (SSSR count). The molecule has 18 heavy (non-hydrogen) atoms. The van der Waals surface area contributed by atoms with Gasteiger partial charge >= 0.3 is 0 Å². The predicted molar refractivity (Wildman–Crippen MR) is 87.2 cm³/mol. The Labute approximate surface area is 122 Å². The van der Waals surface area contributed by atoms with Crippen LogP contribution in [0.15, 0.2) is 46.2 Å². The molecule has 2 heteroatoms. The van der Waals surface area contributed by atoms with Crippen LogP contribution in [0.3, 0.4) is 0 Å². The summed E-state index contributed by atoms with van der Waals surface area (Å²) in [6.45, 7) is 4.48. The predicted octanol–water partition coefficient (Wildman–Crippen LogP) is 5.46. The van der Waals surface area contributed by atoms with Crippen molar-refractivity contribution in [3.8, 4) is 0 Å². The van der Waals surface area contributed by atoms with E-state index in [1.54, 1.807) is 0 Å². The maximum absolute atomic E-state index is 4.42. The highest BCUT2D eigenvalue weighted by Crippen LogP contribution is 2.24. The number of aromatic nitrogens is 1. The minimum atomic E-state index is 0.549. The summed E-state index contributed by atoms with van der Waals surface area (Å²) in [7, 11) is 0. The first-order valence-electron chi connectivity index (χ1n) is 6.40. The summed E-state index contributed by atoms with van der Waals surface area (Å²) in [6.07, 6.45) is 6.43. The molecular weight excluding hydrogens is 333 g/mol. The van der Waals surface area contributed by atoms with Crippen molar-refractivity contribution in [3.05, 3.63) is 51.7 Å². The summed E-state index contributed by atoms with van der Waals surface area (Å²) in [4.78, 5) is 4.42. The van der Waals surface area contributed by atoms with Gasteiger partial charge in [-0.05, 0) is 62.6 Å². The van der Waals surface area contributed by atoms with Crippen molar-refractivity contribution in [2.45, 2.75) is 32.6 Å². The summed E-state index contributed by atoms with van der Waals surface area (Å²) >= 11 is 2.42. The van der Waals surface area contributed by atoms with E-state index in [1.807, 2.05) is 12.3 Å². The van der Waals surface area contributed by atoms with E-state index in [-0.39, 0.29) is 0 Å². The average Bonchev–Trinajstić information content (AvgIpc) is 2.43. The highest BCUT2D eigenvalue weighted by atomic mass is 127. The number of halogens is 1. The Balaban J connectivity index is 2.20. The van der Waals surface area contributed by atoms with E-state index in [0.717, 1.165) is 18.4 Å². The van der Waals surface area contributed by atoms with E-state index in [9.17, 15) is 0 Å². The van der Waals surface area contributed by atoms with Crippen molar-refractivity contribution in [1.29, 1.82) is 0 Å². The third kappa shape index (κ3) is 3.31. The van der Waals surface area contributed by atoms with Crippen molar-refractivity contribution in [3.63, 3.8) is 0 Å². The Bertz CT molecular complexity index is 560. The molecule has 1 aromatic heterocycles. The number of hydrogen-bond acceptors (Lipinski definition) is 1. The van der Waals surface area contributed by atoms with Crippen LogP contribution in [0.4, 0.5) is 0 Å². The molecule has 0 aliphatic carbocycles. The molecule has 2 aromatic rings. The van der Waals surface area contributed by atoms with Crippen molar-refractivity contribution >= 4 is 33.5 Å². The van der Waals surface area contributed by atoms with Gasteiger partial charge in [-0.3, -0.25) is 4.98 Å². The molecule has 0 aliphatic rings.